The lowest BCUT2D eigenvalue weighted by molar-refractivity contribution is -0.145. The number of nitrogens with two attached hydrogens (primary N) is 1. The lowest BCUT2D eigenvalue weighted by Crippen LogP contribution is -2.44. The Balaban J connectivity index is 2.18. The molecule has 1 aromatic carbocycles. The molecule has 0 spiro atoms. The molecule has 130 valence electrons. The zero-order valence-corrected chi connectivity index (χ0v) is 14.3. The predicted octanol–water partition coefficient (Wildman–Crippen LogP) is 1.63. The van der Waals surface area contributed by atoms with Crippen molar-refractivity contribution in [1.29, 1.82) is 0 Å². The Kier molecular flexibility index (Phi) is 4.81. The lowest BCUT2D eigenvalue weighted by Gasteiger charge is -2.28. The molecular weight excluding hydrogens is 318 g/mol. The highest BCUT2D eigenvalue weighted by Gasteiger charge is 2.35. The maximum Gasteiger partial charge on any atom is 0.325 e. The first-order valence-electron chi connectivity index (χ1n) is 8.21. The molecule has 1 heterocycles. The third-order valence-corrected chi connectivity index (χ3v) is 4.43. The zero-order chi connectivity index (χ0) is 18.0. The molecule has 0 fully saturated rings. The summed E-state index contributed by atoms with van der Waals surface area (Å²) in [5.74, 6) is -0.762. The minimum absolute atomic E-state index is 0.150. The number of nitrogens with zero attached hydrogens (tertiary/aromatic N) is 2. The second kappa shape index (κ2) is 7.03. The Morgan fingerprint density at radius 1 is 1.36 bits per heavy atom. The molecule has 1 aromatic rings. The van der Waals surface area contributed by atoms with Gasteiger partial charge in [-0.3, -0.25) is 19.5 Å². The number of benzene rings is 1. The summed E-state index contributed by atoms with van der Waals surface area (Å²) in [5, 5.41) is 0. The highest BCUT2D eigenvalue weighted by molar-refractivity contribution is 6.15. The van der Waals surface area contributed by atoms with Crippen LogP contribution in [0, 0.1) is 5.92 Å². The first kappa shape index (κ1) is 17.1. The van der Waals surface area contributed by atoms with E-state index in [9.17, 15) is 9.59 Å². The number of methoxy groups -OCH3 is 1. The highest BCUT2D eigenvalue weighted by Crippen LogP contribution is 2.33. The number of hydrogen-bond donors (Lipinski definition) is 1. The van der Waals surface area contributed by atoms with Crippen LogP contribution in [0.15, 0.2) is 58.7 Å². The quantitative estimate of drug-likeness (QED) is 0.848. The molecule has 0 saturated carbocycles. The van der Waals surface area contributed by atoms with Crippen LogP contribution in [0.2, 0.25) is 0 Å². The summed E-state index contributed by atoms with van der Waals surface area (Å²) in [6.07, 6.45) is 3.64. The molecule has 25 heavy (non-hydrogen) atoms. The number of esters is 1. The van der Waals surface area contributed by atoms with Crippen LogP contribution in [0.3, 0.4) is 0 Å². The Bertz CT molecular complexity index is 780. The average Bonchev–Trinajstić information content (AvgIpc) is 2.73. The molecule has 0 bridgehead atoms. The maximum atomic E-state index is 12.8. The molecule has 2 aliphatic rings. The van der Waals surface area contributed by atoms with E-state index in [1.54, 1.807) is 0 Å². The van der Waals surface area contributed by atoms with Crippen LogP contribution in [0.5, 0.6) is 0 Å². The summed E-state index contributed by atoms with van der Waals surface area (Å²) < 4.78 is 4.74. The van der Waals surface area contributed by atoms with Crippen molar-refractivity contribution >= 4 is 17.6 Å². The van der Waals surface area contributed by atoms with E-state index in [0.717, 1.165) is 17.6 Å². The first-order chi connectivity index (χ1) is 12.0. The van der Waals surface area contributed by atoms with Crippen molar-refractivity contribution in [3.8, 4) is 0 Å². The maximum absolute atomic E-state index is 12.8. The molecule has 1 amide bonds. The van der Waals surface area contributed by atoms with Gasteiger partial charge in [-0.05, 0) is 18.4 Å². The van der Waals surface area contributed by atoms with Crippen molar-refractivity contribution in [3.63, 3.8) is 0 Å². The molecule has 2 atom stereocenters. The summed E-state index contributed by atoms with van der Waals surface area (Å²) >= 11 is 0. The second-order valence-electron chi connectivity index (χ2n) is 6.13. The van der Waals surface area contributed by atoms with E-state index >= 15 is 0 Å². The van der Waals surface area contributed by atoms with Crippen molar-refractivity contribution < 1.29 is 14.3 Å². The molecular formula is C19H21N3O3. The third kappa shape index (κ3) is 3.25. The molecule has 1 aliphatic carbocycles. The zero-order valence-electron chi connectivity index (χ0n) is 14.3. The molecule has 6 heteroatoms. The molecule has 0 aromatic heterocycles. The van der Waals surface area contributed by atoms with Crippen LogP contribution < -0.4 is 5.73 Å². The number of ether oxygens (including phenoxy) is 1. The van der Waals surface area contributed by atoms with E-state index < -0.39 is 18.0 Å². The van der Waals surface area contributed by atoms with E-state index in [2.05, 4.69) is 11.9 Å². The molecule has 1 aliphatic heterocycles. The number of carbonyl (C=O) groups excluding carboxylic acids is 2. The van der Waals surface area contributed by atoms with Gasteiger partial charge in [0.2, 0.25) is 0 Å². The summed E-state index contributed by atoms with van der Waals surface area (Å²) in [6.45, 7) is 1.89. The molecule has 2 unspecified atom stereocenters. The molecule has 2 N–H and O–H groups in total. The highest BCUT2D eigenvalue weighted by atomic mass is 16.5. The van der Waals surface area contributed by atoms with Crippen LogP contribution in [0.25, 0.3) is 0 Å². The van der Waals surface area contributed by atoms with Gasteiger partial charge in [0.05, 0.1) is 12.8 Å². The predicted molar refractivity (Wildman–Crippen MR) is 94.6 cm³/mol. The molecule has 3 rings (SSSR count). The fraction of sp³-hybridized carbons (Fsp3) is 0.316. The first-order valence-corrected chi connectivity index (χ1v) is 8.21. The number of carbonyl (C=O) groups is 2. The van der Waals surface area contributed by atoms with Gasteiger partial charge >= 0.3 is 5.97 Å². The summed E-state index contributed by atoms with van der Waals surface area (Å²) in [5.41, 5.74) is 9.24. The Morgan fingerprint density at radius 3 is 2.76 bits per heavy atom. The van der Waals surface area contributed by atoms with Crippen LogP contribution in [0.1, 0.15) is 18.9 Å². The largest absolute Gasteiger partial charge is 0.468 e. The van der Waals surface area contributed by atoms with Gasteiger partial charge in [0.15, 0.2) is 6.17 Å². The fourth-order valence-electron chi connectivity index (χ4n) is 3.16. The molecule has 6 nitrogen and oxygen atoms in total. The number of allylic oxidation sites excluding steroid dienone is 3. The van der Waals surface area contributed by atoms with Gasteiger partial charge in [-0.15, -0.1) is 0 Å². The number of aliphatic imine (C=N–C) groups is 1. The standard InChI is InChI=1S/C19H21N3O3/c1-12-7-6-10-14-16(12)17(13-8-4-3-5-9-13)21-18(20)19(24)22(14)11-15(23)25-2/h3-6,8-10,12,18H,7,11,20H2,1-2H3. The van der Waals surface area contributed by atoms with Crippen molar-refractivity contribution in [2.75, 3.05) is 13.7 Å². The molecule has 0 radical (unpaired) electrons. The van der Waals surface area contributed by atoms with E-state index in [1.807, 2.05) is 42.5 Å². The summed E-state index contributed by atoms with van der Waals surface area (Å²) in [4.78, 5) is 30.5. The summed E-state index contributed by atoms with van der Waals surface area (Å²) in [7, 11) is 1.30. The lowest BCUT2D eigenvalue weighted by atomic mass is 9.85. The fourth-order valence-corrected chi connectivity index (χ4v) is 3.16. The van der Waals surface area contributed by atoms with Crippen molar-refractivity contribution in [2.45, 2.75) is 19.5 Å². The Morgan fingerprint density at radius 2 is 2.08 bits per heavy atom. The van der Waals surface area contributed by atoms with Crippen LogP contribution in [-0.4, -0.2) is 42.3 Å². The third-order valence-electron chi connectivity index (χ3n) is 4.43. The van der Waals surface area contributed by atoms with Crippen LogP contribution in [-0.2, 0) is 14.3 Å². The van der Waals surface area contributed by atoms with Crippen molar-refractivity contribution in [2.24, 2.45) is 16.6 Å². The van der Waals surface area contributed by atoms with Gasteiger partial charge in [0, 0.05) is 16.8 Å². The van der Waals surface area contributed by atoms with Gasteiger partial charge in [-0.2, -0.15) is 0 Å². The SMILES string of the molecule is COC(=O)CN1C(=O)C(N)N=C(c2ccccc2)C2=C1C=CCC2C. The van der Waals surface area contributed by atoms with Crippen LogP contribution in [0.4, 0.5) is 0 Å². The van der Waals surface area contributed by atoms with Crippen LogP contribution >= 0.6 is 0 Å². The second-order valence-corrected chi connectivity index (χ2v) is 6.13. The van der Waals surface area contributed by atoms with Crippen molar-refractivity contribution in [3.05, 3.63) is 59.3 Å². The van der Waals surface area contributed by atoms with Gasteiger partial charge in [-0.1, -0.05) is 43.3 Å². The molecule has 0 saturated heterocycles. The monoisotopic (exact) mass is 339 g/mol. The van der Waals surface area contributed by atoms with E-state index in [-0.39, 0.29) is 12.5 Å². The Hall–Kier alpha value is -2.73. The Labute approximate surface area is 146 Å². The van der Waals surface area contributed by atoms with Gasteiger partial charge < -0.3 is 10.5 Å². The minimum Gasteiger partial charge on any atom is -0.468 e. The van der Waals surface area contributed by atoms with Gasteiger partial charge in [0.25, 0.3) is 5.91 Å². The van der Waals surface area contributed by atoms with E-state index in [4.69, 9.17) is 10.5 Å². The van der Waals surface area contributed by atoms with Crippen molar-refractivity contribution in [1.82, 2.24) is 4.90 Å². The summed E-state index contributed by atoms with van der Waals surface area (Å²) in [6, 6.07) is 9.66. The van der Waals surface area contributed by atoms with E-state index in [0.29, 0.717) is 11.4 Å². The average molecular weight is 339 g/mol. The van der Waals surface area contributed by atoms with Gasteiger partial charge in [0.1, 0.15) is 6.54 Å². The number of amides is 1. The van der Waals surface area contributed by atoms with E-state index in [1.165, 1.54) is 12.0 Å². The normalized spacial score (nSPS) is 23.1. The smallest absolute Gasteiger partial charge is 0.325 e. The minimum atomic E-state index is -1.06. The number of hydrogen-bond acceptors (Lipinski definition) is 5. The topological polar surface area (TPSA) is 85.0 Å². The number of rotatable bonds is 3. The van der Waals surface area contributed by atoms with Gasteiger partial charge in [-0.25, -0.2) is 0 Å².